The number of nitrogens with zero attached hydrogens (tertiary/aromatic N) is 5. The largest absolute Gasteiger partial charge is 0.326 e. The summed E-state index contributed by atoms with van der Waals surface area (Å²) in [5.41, 5.74) is 8.17. The smallest absolute Gasteiger partial charge is 0.227 e. The summed E-state index contributed by atoms with van der Waals surface area (Å²) in [6, 6.07) is 29.4. The van der Waals surface area contributed by atoms with E-state index in [4.69, 9.17) is 4.98 Å². The van der Waals surface area contributed by atoms with Crippen molar-refractivity contribution < 1.29 is 13.2 Å². The van der Waals surface area contributed by atoms with Crippen LogP contribution in [0.4, 0.5) is 5.69 Å². The summed E-state index contributed by atoms with van der Waals surface area (Å²) in [5, 5.41) is 8.48. The number of fused-ring (bicyclic) bond motifs is 3. The number of benzene rings is 3. The lowest BCUT2D eigenvalue weighted by Gasteiger charge is -2.31. The number of hydrogen-bond acceptors (Lipinski definition) is 7. The molecule has 4 heterocycles. The highest BCUT2D eigenvalue weighted by atomic mass is 32.2. The number of carbonyl (C=O) groups is 1. The van der Waals surface area contributed by atoms with E-state index in [0.29, 0.717) is 5.69 Å². The molecule has 0 atom stereocenters. The van der Waals surface area contributed by atoms with Crippen molar-refractivity contribution in [2.45, 2.75) is 31.2 Å². The Balaban J connectivity index is 1.06. The van der Waals surface area contributed by atoms with Crippen LogP contribution < -0.4 is 5.32 Å². The number of rotatable bonds is 7. The first kappa shape index (κ1) is 29.8. The van der Waals surface area contributed by atoms with Crippen molar-refractivity contribution in [2.75, 3.05) is 24.7 Å². The van der Waals surface area contributed by atoms with Crippen LogP contribution in [0.5, 0.6) is 0 Å². The SMILES string of the molecule is Cc1cc2ncc3cc(-c4ccccc4)c(-c4ccc(CN5CCC(C(=O)Nc6cccc(S(C)(=O)=O)c6)CC5)cc4)nc3n2n1. The van der Waals surface area contributed by atoms with Crippen molar-refractivity contribution in [3.8, 4) is 22.4 Å². The Morgan fingerprint density at radius 2 is 1.67 bits per heavy atom. The van der Waals surface area contributed by atoms with E-state index in [2.05, 4.69) is 62.8 Å². The third-order valence-corrected chi connectivity index (χ3v) is 9.70. The fourth-order valence-corrected chi connectivity index (χ4v) is 6.81. The van der Waals surface area contributed by atoms with Crippen LogP contribution in [0.1, 0.15) is 24.1 Å². The molecule has 1 N–H and O–H groups in total. The molecule has 7 rings (SSSR count). The van der Waals surface area contributed by atoms with Crippen LogP contribution in [0.2, 0.25) is 0 Å². The van der Waals surface area contributed by atoms with Gasteiger partial charge < -0.3 is 5.32 Å². The van der Waals surface area contributed by atoms with E-state index in [1.165, 1.54) is 17.7 Å². The highest BCUT2D eigenvalue weighted by Crippen LogP contribution is 2.34. The Bertz CT molecular complexity index is 2170. The lowest BCUT2D eigenvalue weighted by Crippen LogP contribution is -2.37. The maximum atomic E-state index is 13.0. The first-order valence-corrected chi connectivity index (χ1v) is 17.2. The molecular formula is C36H34N6O3S. The number of aromatic nitrogens is 4. The summed E-state index contributed by atoms with van der Waals surface area (Å²) in [5.74, 6) is -0.179. The molecule has 9 nitrogen and oxygen atoms in total. The Kier molecular flexibility index (Phi) is 7.84. The van der Waals surface area contributed by atoms with E-state index < -0.39 is 9.84 Å². The van der Waals surface area contributed by atoms with Crippen LogP contribution in [-0.2, 0) is 21.2 Å². The third kappa shape index (κ3) is 6.14. The summed E-state index contributed by atoms with van der Waals surface area (Å²) in [4.78, 5) is 25.3. The lowest BCUT2D eigenvalue weighted by molar-refractivity contribution is -0.121. The van der Waals surface area contributed by atoms with Crippen LogP contribution in [0, 0.1) is 12.8 Å². The molecule has 1 fully saturated rings. The normalized spacial score (nSPS) is 14.6. The number of likely N-dealkylation sites (tertiary alicyclic amines) is 1. The fourth-order valence-electron chi connectivity index (χ4n) is 6.14. The van der Waals surface area contributed by atoms with Crippen LogP contribution in [-0.4, -0.2) is 58.2 Å². The van der Waals surface area contributed by atoms with E-state index in [1.54, 1.807) is 12.1 Å². The van der Waals surface area contributed by atoms with E-state index >= 15 is 0 Å². The Morgan fingerprint density at radius 1 is 0.913 bits per heavy atom. The van der Waals surface area contributed by atoms with E-state index in [9.17, 15) is 13.2 Å². The quantitative estimate of drug-likeness (QED) is 0.225. The number of carbonyl (C=O) groups excluding carboxylic acids is 1. The second-order valence-corrected chi connectivity index (χ2v) is 14.0. The van der Waals surface area contributed by atoms with Gasteiger partial charge in [-0.05, 0) is 68.2 Å². The molecule has 3 aromatic heterocycles. The molecule has 1 aliphatic heterocycles. The molecule has 46 heavy (non-hydrogen) atoms. The van der Waals surface area contributed by atoms with Gasteiger partial charge in [-0.2, -0.15) is 9.61 Å². The molecule has 0 aliphatic carbocycles. The van der Waals surface area contributed by atoms with Crippen molar-refractivity contribution in [2.24, 2.45) is 5.92 Å². The van der Waals surface area contributed by atoms with Gasteiger partial charge in [0.2, 0.25) is 5.91 Å². The standard InChI is InChI=1S/C36H34N6O3S/c1-24-19-33-37-22-29-20-32(26-7-4-3-5-8-26)34(39-35(29)42(33)40-24)27-13-11-25(12-14-27)23-41-17-15-28(16-18-41)36(43)38-30-9-6-10-31(21-30)46(2,44)45/h3-14,19-22,28H,15-18,23H2,1-2H3,(H,38,43). The Morgan fingerprint density at radius 3 is 2.41 bits per heavy atom. The van der Waals surface area contributed by atoms with Crippen LogP contribution in [0.25, 0.3) is 39.1 Å². The number of sulfone groups is 1. The molecular weight excluding hydrogens is 597 g/mol. The second-order valence-electron chi connectivity index (χ2n) is 12.0. The first-order chi connectivity index (χ1) is 22.2. The number of aryl methyl sites for hydroxylation is 1. The molecule has 0 saturated carbocycles. The zero-order valence-electron chi connectivity index (χ0n) is 25.7. The fraction of sp³-hybridized carbons (Fsp3) is 0.222. The minimum atomic E-state index is -3.34. The molecule has 10 heteroatoms. The second kappa shape index (κ2) is 12.1. The molecule has 3 aromatic carbocycles. The molecule has 1 aliphatic rings. The van der Waals surface area contributed by atoms with Gasteiger partial charge in [-0.25, -0.2) is 18.4 Å². The van der Waals surface area contributed by atoms with Crippen LogP contribution in [0.15, 0.2) is 102 Å². The molecule has 0 unspecified atom stereocenters. The van der Waals surface area contributed by atoms with Crippen molar-refractivity contribution in [3.05, 3.63) is 108 Å². The molecule has 0 bridgehead atoms. The van der Waals surface area contributed by atoms with Crippen molar-refractivity contribution >= 4 is 38.1 Å². The zero-order chi connectivity index (χ0) is 31.8. The summed E-state index contributed by atoms with van der Waals surface area (Å²) in [6.45, 7) is 4.36. The van der Waals surface area contributed by atoms with Gasteiger partial charge in [-0.1, -0.05) is 60.7 Å². The molecule has 6 aromatic rings. The van der Waals surface area contributed by atoms with Gasteiger partial charge in [0.1, 0.15) is 0 Å². The zero-order valence-corrected chi connectivity index (χ0v) is 26.5. The number of hydrogen-bond donors (Lipinski definition) is 1. The van der Waals surface area contributed by atoms with E-state index in [1.807, 2.05) is 41.9 Å². The predicted octanol–water partition coefficient (Wildman–Crippen LogP) is 6.17. The predicted molar refractivity (Wildman–Crippen MR) is 180 cm³/mol. The van der Waals surface area contributed by atoms with Crippen molar-refractivity contribution in [3.63, 3.8) is 0 Å². The molecule has 0 spiro atoms. The number of piperidine rings is 1. The van der Waals surface area contributed by atoms with Gasteiger partial charge in [-0.3, -0.25) is 9.69 Å². The minimum absolute atomic E-state index is 0.0647. The average Bonchev–Trinajstić information content (AvgIpc) is 3.46. The maximum Gasteiger partial charge on any atom is 0.227 e. The number of pyridine rings is 1. The highest BCUT2D eigenvalue weighted by molar-refractivity contribution is 7.90. The average molecular weight is 631 g/mol. The van der Waals surface area contributed by atoms with Crippen molar-refractivity contribution in [1.29, 1.82) is 0 Å². The topological polar surface area (TPSA) is 110 Å². The molecule has 1 saturated heterocycles. The van der Waals surface area contributed by atoms with Gasteiger partial charge in [0.05, 0.1) is 16.3 Å². The summed E-state index contributed by atoms with van der Waals surface area (Å²) in [6.07, 6.45) is 4.51. The van der Waals surface area contributed by atoms with E-state index in [0.717, 1.165) is 83.5 Å². The van der Waals surface area contributed by atoms with Gasteiger partial charge >= 0.3 is 0 Å². The molecule has 1 amide bonds. The van der Waals surface area contributed by atoms with Gasteiger partial charge in [-0.15, -0.1) is 0 Å². The Labute approximate surface area is 267 Å². The monoisotopic (exact) mass is 630 g/mol. The van der Waals surface area contributed by atoms with Crippen LogP contribution >= 0.6 is 0 Å². The number of nitrogens with one attached hydrogen (secondary N) is 1. The van der Waals surface area contributed by atoms with Crippen LogP contribution in [0.3, 0.4) is 0 Å². The number of amides is 1. The molecule has 0 radical (unpaired) electrons. The summed E-state index contributed by atoms with van der Waals surface area (Å²) < 4.78 is 25.6. The summed E-state index contributed by atoms with van der Waals surface area (Å²) in [7, 11) is -3.34. The van der Waals surface area contributed by atoms with Crippen molar-refractivity contribution in [1.82, 2.24) is 24.5 Å². The van der Waals surface area contributed by atoms with E-state index in [-0.39, 0.29) is 16.7 Å². The first-order valence-electron chi connectivity index (χ1n) is 15.4. The summed E-state index contributed by atoms with van der Waals surface area (Å²) >= 11 is 0. The Hall–Kier alpha value is -4.93. The number of anilines is 1. The molecule has 232 valence electrons. The van der Waals surface area contributed by atoms with Gasteiger partial charge in [0.25, 0.3) is 0 Å². The highest BCUT2D eigenvalue weighted by Gasteiger charge is 2.25. The van der Waals surface area contributed by atoms with Gasteiger partial charge in [0, 0.05) is 53.2 Å². The minimum Gasteiger partial charge on any atom is -0.326 e. The van der Waals surface area contributed by atoms with Gasteiger partial charge in [0.15, 0.2) is 21.1 Å². The maximum absolute atomic E-state index is 13.0. The lowest BCUT2D eigenvalue weighted by atomic mass is 9.95. The third-order valence-electron chi connectivity index (χ3n) is 8.59.